The number of hydrogen-bond acceptors (Lipinski definition) is 2. The maximum absolute atomic E-state index is 5.66. The van der Waals surface area contributed by atoms with Gasteiger partial charge in [0.25, 0.3) is 0 Å². The lowest BCUT2D eigenvalue weighted by atomic mass is 9.96. The summed E-state index contributed by atoms with van der Waals surface area (Å²) in [6.45, 7) is 3.95. The Morgan fingerprint density at radius 1 is 0.833 bits per heavy atom. The molecule has 0 saturated heterocycles. The third-order valence-corrected chi connectivity index (χ3v) is 3.04. The highest BCUT2D eigenvalue weighted by Gasteiger charge is 2.34. The molecule has 2 aromatic rings. The van der Waals surface area contributed by atoms with Gasteiger partial charge in [-0.15, -0.1) is 0 Å². The van der Waals surface area contributed by atoms with Crippen LogP contribution in [0.15, 0.2) is 54.6 Å². The van der Waals surface area contributed by atoms with Crippen LogP contribution in [-0.4, -0.2) is 14.2 Å². The zero-order valence-electron chi connectivity index (χ0n) is 10.7. The molecule has 0 saturated carbocycles. The molecule has 0 aliphatic carbocycles. The lowest BCUT2D eigenvalue weighted by molar-refractivity contribution is -0.183. The van der Waals surface area contributed by atoms with Gasteiger partial charge in [0.1, 0.15) is 0 Å². The molecule has 0 aliphatic rings. The number of hydrogen-bond donors (Lipinski definition) is 0. The van der Waals surface area contributed by atoms with Crippen molar-refractivity contribution >= 4 is 0 Å². The van der Waals surface area contributed by atoms with E-state index in [4.69, 9.17) is 9.47 Å². The summed E-state index contributed by atoms with van der Waals surface area (Å²) >= 11 is 0. The highest BCUT2D eigenvalue weighted by Crippen LogP contribution is 2.34. The standard InChI is InChI=1S/C16H17O2/c1-13-8-7-11-15(12-13)16(17-2,18-3)14-9-5-4-6-10-14/h4-12H,1H2,2-3H3. The van der Waals surface area contributed by atoms with E-state index in [1.165, 1.54) is 0 Å². The minimum atomic E-state index is -0.880. The highest BCUT2D eigenvalue weighted by atomic mass is 16.7. The lowest BCUT2D eigenvalue weighted by Crippen LogP contribution is -2.32. The monoisotopic (exact) mass is 241 g/mol. The predicted molar refractivity (Wildman–Crippen MR) is 72.1 cm³/mol. The summed E-state index contributed by atoms with van der Waals surface area (Å²) in [7, 11) is 3.29. The van der Waals surface area contributed by atoms with Gasteiger partial charge in [-0.05, 0) is 12.5 Å². The van der Waals surface area contributed by atoms with Crippen molar-refractivity contribution in [3.8, 4) is 0 Å². The van der Waals surface area contributed by atoms with Gasteiger partial charge in [-0.3, -0.25) is 0 Å². The van der Waals surface area contributed by atoms with E-state index in [2.05, 4.69) is 6.92 Å². The van der Waals surface area contributed by atoms with Gasteiger partial charge < -0.3 is 9.47 Å². The van der Waals surface area contributed by atoms with Gasteiger partial charge >= 0.3 is 0 Å². The number of methoxy groups -OCH3 is 2. The average Bonchev–Trinajstić information content (AvgIpc) is 2.42. The van der Waals surface area contributed by atoms with Gasteiger partial charge in [0, 0.05) is 25.3 Å². The van der Waals surface area contributed by atoms with Gasteiger partial charge in [-0.2, -0.15) is 0 Å². The van der Waals surface area contributed by atoms with Crippen molar-refractivity contribution in [3.05, 3.63) is 78.2 Å². The molecule has 0 N–H and O–H groups in total. The Bertz CT molecular complexity index is 502. The fourth-order valence-electron chi connectivity index (χ4n) is 2.16. The minimum Gasteiger partial charge on any atom is -0.346 e. The molecule has 0 atom stereocenters. The fraction of sp³-hybridized carbons (Fsp3) is 0.188. The predicted octanol–water partition coefficient (Wildman–Crippen LogP) is 3.36. The topological polar surface area (TPSA) is 18.5 Å². The van der Waals surface area contributed by atoms with Crippen molar-refractivity contribution in [2.24, 2.45) is 0 Å². The van der Waals surface area contributed by atoms with Crippen LogP contribution in [-0.2, 0) is 15.3 Å². The molecule has 2 rings (SSSR count). The zero-order chi connectivity index (χ0) is 13.0. The molecule has 2 nitrogen and oxygen atoms in total. The smallest absolute Gasteiger partial charge is 0.221 e. The molecule has 0 spiro atoms. The van der Waals surface area contributed by atoms with E-state index in [-0.39, 0.29) is 0 Å². The Balaban J connectivity index is 2.57. The summed E-state index contributed by atoms with van der Waals surface area (Å²) in [4.78, 5) is 0. The molecule has 2 aromatic carbocycles. The minimum absolute atomic E-state index is 0.880. The molecule has 2 heteroatoms. The van der Waals surface area contributed by atoms with Crippen LogP contribution in [0.25, 0.3) is 0 Å². The average molecular weight is 241 g/mol. The first-order valence-electron chi connectivity index (χ1n) is 5.81. The van der Waals surface area contributed by atoms with E-state index in [0.29, 0.717) is 0 Å². The maximum Gasteiger partial charge on any atom is 0.221 e. The second-order valence-electron chi connectivity index (χ2n) is 4.09. The molecular formula is C16H17O2. The molecular weight excluding hydrogens is 224 g/mol. The van der Waals surface area contributed by atoms with Crippen molar-refractivity contribution in [1.82, 2.24) is 0 Å². The van der Waals surface area contributed by atoms with Crippen LogP contribution in [0.3, 0.4) is 0 Å². The molecule has 0 unspecified atom stereocenters. The summed E-state index contributed by atoms with van der Waals surface area (Å²) in [5.74, 6) is -0.880. The van der Waals surface area contributed by atoms with Gasteiger partial charge in [0.15, 0.2) is 0 Å². The van der Waals surface area contributed by atoms with Crippen molar-refractivity contribution in [3.63, 3.8) is 0 Å². The Labute approximate surface area is 108 Å². The van der Waals surface area contributed by atoms with Crippen LogP contribution in [0.1, 0.15) is 16.7 Å². The fourth-order valence-corrected chi connectivity index (χ4v) is 2.16. The van der Waals surface area contributed by atoms with Crippen LogP contribution in [0.5, 0.6) is 0 Å². The van der Waals surface area contributed by atoms with Crippen LogP contribution < -0.4 is 0 Å². The summed E-state index contributed by atoms with van der Waals surface area (Å²) < 4.78 is 11.3. The summed E-state index contributed by atoms with van der Waals surface area (Å²) in [6.07, 6.45) is 0. The van der Waals surface area contributed by atoms with Gasteiger partial charge in [0.2, 0.25) is 5.79 Å². The Morgan fingerprint density at radius 3 is 2.00 bits per heavy atom. The summed E-state index contributed by atoms with van der Waals surface area (Å²) in [5, 5.41) is 0. The first-order valence-corrected chi connectivity index (χ1v) is 5.81. The molecule has 0 fully saturated rings. The van der Waals surface area contributed by atoms with Crippen LogP contribution in [0.4, 0.5) is 0 Å². The normalized spacial score (nSPS) is 11.5. The molecule has 18 heavy (non-hydrogen) atoms. The lowest BCUT2D eigenvalue weighted by Gasteiger charge is -2.32. The van der Waals surface area contributed by atoms with Crippen molar-refractivity contribution < 1.29 is 9.47 Å². The largest absolute Gasteiger partial charge is 0.346 e. The molecule has 0 amide bonds. The van der Waals surface area contributed by atoms with Crippen LogP contribution in [0, 0.1) is 6.92 Å². The van der Waals surface area contributed by atoms with Gasteiger partial charge in [-0.1, -0.05) is 54.6 Å². The maximum atomic E-state index is 5.66. The SMILES string of the molecule is [CH2]c1cccc(C(OC)(OC)c2ccccc2)c1. The Hall–Kier alpha value is -1.64. The van der Waals surface area contributed by atoms with E-state index in [1.54, 1.807) is 14.2 Å². The molecule has 0 aliphatic heterocycles. The Kier molecular flexibility index (Phi) is 3.80. The van der Waals surface area contributed by atoms with Crippen LogP contribution >= 0.6 is 0 Å². The molecule has 0 aromatic heterocycles. The zero-order valence-corrected chi connectivity index (χ0v) is 10.7. The third kappa shape index (κ3) is 2.17. The number of rotatable bonds is 4. The van der Waals surface area contributed by atoms with E-state index in [0.717, 1.165) is 16.7 Å². The van der Waals surface area contributed by atoms with Crippen LogP contribution in [0.2, 0.25) is 0 Å². The Morgan fingerprint density at radius 2 is 1.44 bits per heavy atom. The molecule has 0 heterocycles. The molecule has 1 radical (unpaired) electrons. The number of ether oxygens (including phenoxy) is 2. The summed E-state index contributed by atoms with van der Waals surface area (Å²) in [5.41, 5.74) is 2.83. The van der Waals surface area contributed by atoms with Crippen molar-refractivity contribution in [2.75, 3.05) is 14.2 Å². The van der Waals surface area contributed by atoms with Gasteiger partial charge in [0.05, 0.1) is 0 Å². The first-order chi connectivity index (χ1) is 8.73. The quantitative estimate of drug-likeness (QED) is 0.764. The number of benzene rings is 2. The third-order valence-electron chi connectivity index (χ3n) is 3.04. The molecule has 93 valence electrons. The second-order valence-corrected chi connectivity index (χ2v) is 4.09. The van der Waals surface area contributed by atoms with Crippen molar-refractivity contribution in [2.45, 2.75) is 5.79 Å². The summed E-state index contributed by atoms with van der Waals surface area (Å²) in [6, 6.07) is 17.7. The van der Waals surface area contributed by atoms with E-state index >= 15 is 0 Å². The first kappa shape index (κ1) is 12.8. The van der Waals surface area contributed by atoms with Gasteiger partial charge in [-0.25, -0.2) is 0 Å². The molecule has 0 bridgehead atoms. The second kappa shape index (κ2) is 5.34. The highest BCUT2D eigenvalue weighted by molar-refractivity contribution is 5.36. The van der Waals surface area contributed by atoms with E-state index < -0.39 is 5.79 Å². The van der Waals surface area contributed by atoms with E-state index in [9.17, 15) is 0 Å². The van der Waals surface area contributed by atoms with E-state index in [1.807, 2.05) is 54.6 Å². The van der Waals surface area contributed by atoms with Crippen molar-refractivity contribution in [1.29, 1.82) is 0 Å².